The van der Waals surface area contributed by atoms with E-state index in [0.29, 0.717) is 0 Å². The molecule has 1 rings (SSSR count). The summed E-state index contributed by atoms with van der Waals surface area (Å²) in [5, 5.41) is 0. The van der Waals surface area contributed by atoms with Crippen LogP contribution in [0.4, 0.5) is 0 Å². The lowest BCUT2D eigenvalue weighted by atomic mass is 10.2. The van der Waals surface area contributed by atoms with Gasteiger partial charge in [-0.05, 0) is 12.1 Å². The summed E-state index contributed by atoms with van der Waals surface area (Å²) >= 11 is 5.36. The number of ether oxygens (including phenoxy) is 1. The van der Waals surface area contributed by atoms with Gasteiger partial charge in [0.1, 0.15) is 5.78 Å². The van der Waals surface area contributed by atoms with E-state index >= 15 is 0 Å². The van der Waals surface area contributed by atoms with E-state index in [1.165, 1.54) is 18.4 Å². The molecule has 0 saturated carbocycles. The molecule has 6 heteroatoms. The third-order valence-corrected chi connectivity index (χ3v) is 2.10. The van der Waals surface area contributed by atoms with Crippen LogP contribution in [0.2, 0.25) is 0 Å². The first-order valence-corrected chi connectivity index (χ1v) is 5.53. The van der Waals surface area contributed by atoms with Crippen molar-refractivity contribution in [2.75, 3.05) is 5.88 Å². The van der Waals surface area contributed by atoms with E-state index in [2.05, 4.69) is 4.74 Å². The second-order valence-electron chi connectivity index (χ2n) is 3.22. The zero-order valence-corrected chi connectivity index (χ0v) is 9.74. The molecule has 0 aliphatic heterocycles. The fraction of sp³-hybridized carbons (Fsp3) is 0.364. The molecule has 0 fully saturated rings. The van der Waals surface area contributed by atoms with E-state index in [1.54, 1.807) is 0 Å². The number of alkyl halides is 1. The minimum absolute atomic E-state index is 0.0248. The van der Waals surface area contributed by atoms with Crippen molar-refractivity contribution in [2.45, 2.75) is 19.3 Å². The summed E-state index contributed by atoms with van der Waals surface area (Å²) in [5.41, 5.74) is 0. The van der Waals surface area contributed by atoms with Crippen LogP contribution in [0.5, 0.6) is 0 Å². The quantitative estimate of drug-likeness (QED) is 0.443. The monoisotopic (exact) mass is 258 g/mol. The number of halogens is 1. The Morgan fingerprint density at radius 1 is 1.24 bits per heavy atom. The number of ketones is 1. The molecule has 0 amide bonds. The molecule has 5 nitrogen and oxygen atoms in total. The fourth-order valence-corrected chi connectivity index (χ4v) is 1.28. The smallest absolute Gasteiger partial charge is 0.381 e. The van der Waals surface area contributed by atoms with Crippen LogP contribution in [-0.2, 0) is 14.3 Å². The first kappa shape index (κ1) is 13.4. The van der Waals surface area contributed by atoms with Crippen molar-refractivity contribution in [3.8, 4) is 0 Å². The second-order valence-corrected chi connectivity index (χ2v) is 3.59. The summed E-state index contributed by atoms with van der Waals surface area (Å²) in [7, 11) is 0. The molecule has 0 unspecified atom stereocenters. The molecular formula is C11H11ClO5. The molecule has 0 N–H and O–H groups in total. The number of carbonyl (C=O) groups is 3. The van der Waals surface area contributed by atoms with E-state index in [0.717, 1.165) is 0 Å². The summed E-state index contributed by atoms with van der Waals surface area (Å²) in [6, 6.07) is 2.89. The standard InChI is InChI=1S/C11H11ClO5/c12-6-5-8(13)3-4-10(14)17-11(15)9-2-1-7-16-9/h1-2,7H,3-6H2. The van der Waals surface area contributed by atoms with Crippen LogP contribution >= 0.6 is 11.6 Å². The van der Waals surface area contributed by atoms with Crippen molar-refractivity contribution in [3.05, 3.63) is 24.2 Å². The zero-order chi connectivity index (χ0) is 12.7. The Morgan fingerprint density at radius 3 is 2.59 bits per heavy atom. The predicted molar refractivity (Wildman–Crippen MR) is 58.7 cm³/mol. The Hall–Kier alpha value is -1.62. The van der Waals surface area contributed by atoms with E-state index < -0.39 is 11.9 Å². The molecule has 0 atom stereocenters. The molecule has 0 saturated heterocycles. The summed E-state index contributed by atoms with van der Waals surface area (Å²) < 4.78 is 9.22. The number of hydrogen-bond donors (Lipinski definition) is 0. The van der Waals surface area contributed by atoms with Gasteiger partial charge in [-0.25, -0.2) is 4.79 Å². The Labute approximate surface area is 103 Å². The molecular weight excluding hydrogens is 248 g/mol. The Morgan fingerprint density at radius 2 is 2.00 bits per heavy atom. The minimum atomic E-state index is -0.857. The summed E-state index contributed by atoms with van der Waals surface area (Å²) in [6.45, 7) is 0. The van der Waals surface area contributed by atoms with Crippen molar-refractivity contribution < 1.29 is 23.5 Å². The number of hydrogen-bond acceptors (Lipinski definition) is 5. The van der Waals surface area contributed by atoms with E-state index in [-0.39, 0.29) is 36.7 Å². The average Bonchev–Trinajstić information content (AvgIpc) is 2.80. The van der Waals surface area contributed by atoms with Gasteiger partial charge < -0.3 is 9.15 Å². The van der Waals surface area contributed by atoms with Gasteiger partial charge in [0.05, 0.1) is 12.7 Å². The number of furan rings is 1. The highest BCUT2D eigenvalue weighted by atomic mass is 35.5. The first-order valence-electron chi connectivity index (χ1n) is 4.99. The van der Waals surface area contributed by atoms with E-state index in [4.69, 9.17) is 16.0 Å². The Bertz CT molecular complexity index is 396. The molecule has 1 heterocycles. The molecule has 0 spiro atoms. The van der Waals surface area contributed by atoms with Crippen LogP contribution in [0.3, 0.4) is 0 Å². The van der Waals surface area contributed by atoms with Crippen molar-refractivity contribution in [3.63, 3.8) is 0 Å². The number of Topliss-reactive ketones (excluding diaryl/α,β-unsaturated/α-hetero) is 1. The van der Waals surface area contributed by atoms with Crippen LogP contribution in [0.25, 0.3) is 0 Å². The normalized spacial score (nSPS) is 9.94. The van der Waals surface area contributed by atoms with Gasteiger partial charge in [0.2, 0.25) is 5.76 Å². The summed E-state index contributed by atoms with van der Waals surface area (Å²) in [6.07, 6.45) is 1.39. The average molecular weight is 259 g/mol. The largest absolute Gasteiger partial charge is 0.457 e. The van der Waals surface area contributed by atoms with Crippen molar-refractivity contribution in [2.24, 2.45) is 0 Å². The molecule has 0 bridgehead atoms. The van der Waals surface area contributed by atoms with Gasteiger partial charge in [-0.2, -0.15) is 0 Å². The molecule has 0 aliphatic rings. The van der Waals surface area contributed by atoms with Crippen molar-refractivity contribution in [1.82, 2.24) is 0 Å². The highest BCUT2D eigenvalue weighted by Gasteiger charge is 2.16. The highest BCUT2D eigenvalue weighted by molar-refractivity contribution is 6.19. The van der Waals surface area contributed by atoms with Crippen LogP contribution < -0.4 is 0 Å². The van der Waals surface area contributed by atoms with Crippen LogP contribution in [0.1, 0.15) is 29.8 Å². The number of carbonyl (C=O) groups excluding carboxylic acids is 3. The third-order valence-electron chi connectivity index (χ3n) is 1.91. The highest BCUT2D eigenvalue weighted by Crippen LogP contribution is 2.05. The molecule has 0 radical (unpaired) electrons. The Balaban J connectivity index is 2.30. The van der Waals surface area contributed by atoms with E-state index in [9.17, 15) is 14.4 Å². The van der Waals surface area contributed by atoms with Crippen LogP contribution in [0, 0.1) is 0 Å². The van der Waals surface area contributed by atoms with Gasteiger partial charge in [0.15, 0.2) is 0 Å². The van der Waals surface area contributed by atoms with Gasteiger partial charge in [-0.1, -0.05) is 0 Å². The topological polar surface area (TPSA) is 73.6 Å². The van der Waals surface area contributed by atoms with Crippen molar-refractivity contribution >= 4 is 29.3 Å². The van der Waals surface area contributed by atoms with Gasteiger partial charge >= 0.3 is 11.9 Å². The lowest BCUT2D eigenvalue weighted by Crippen LogP contribution is -2.13. The fourth-order valence-electron chi connectivity index (χ4n) is 1.07. The Kier molecular flexibility index (Phi) is 5.42. The third kappa shape index (κ3) is 4.82. The van der Waals surface area contributed by atoms with Gasteiger partial charge in [-0.15, -0.1) is 11.6 Å². The molecule has 92 valence electrons. The summed E-state index contributed by atoms with van der Waals surface area (Å²) in [5.74, 6) is -1.58. The molecule has 1 aromatic rings. The first-order chi connectivity index (χ1) is 8.13. The lowest BCUT2D eigenvalue weighted by Gasteiger charge is -2.00. The maximum Gasteiger partial charge on any atom is 0.381 e. The molecule has 0 aromatic carbocycles. The number of esters is 2. The second kappa shape index (κ2) is 6.85. The van der Waals surface area contributed by atoms with Crippen LogP contribution in [-0.4, -0.2) is 23.6 Å². The van der Waals surface area contributed by atoms with Gasteiger partial charge in [0, 0.05) is 18.7 Å². The van der Waals surface area contributed by atoms with E-state index in [1.807, 2.05) is 0 Å². The molecule has 0 aliphatic carbocycles. The molecule has 17 heavy (non-hydrogen) atoms. The molecule has 1 aromatic heterocycles. The van der Waals surface area contributed by atoms with Crippen LogP contribution in [0.15, 0.2) is 22.8 Å². The van der Waals surface area contributed by atoms with Gasteiger partial charge in [-0.3, -0.25) is 9.59 Å². The SMILES string of the molecule is O=C(CCCl)CCC(=O)OC(=O)c1ccco1. The zero-order valence-electron chi connectivity index (χ0n) is 8.98. The summed E-state index contributed by atoms with van der Waals surface area (Å²) in [4.78, 5) is 33.5. The lowest BCUT2D eigenvalue weighted by molar-refractivity contribution is -0.139. The van der Waals surface area contributed by atoms with Crippen molar-refractivity contribution in [1.29, 1.82) is 0 Å². The minimum Gasteiger partial charge on any atom is -0.457 e. The predicted octanol–water partition coefficient (Wildman–Crippen LogP) is 1.94. The maximum atomic E-state index is 11.2. The van der Waals surface area contributed by atoms with Gasteiger partial charge in [0.25, 0.3) is 0 Å². The maximum absolute atomic E-state index is 11.2. The number of rotatable bonds is 6.